The van der Waals surface area contributed by atoms with Gasteiger partial charge in [0.1, 0.15) is 0 Å². The normalized spacial score (nSPS) is 34.1. The first-order valence-corrected chi connectivity index (χ1v) is 7.09. The Labute approximate surface area is 114 Å². The number of rotatable bonds is 7. The quantitative estimate of drug-likeness (QED) is 0.713. The summed E-state index contributed by atoms with van der Waals surface area (Å²) in [6.07, 6.45) is 1.02. The molecule has 1 unspecified atom stereocenters. The monoisotopic (exact) mass is 277 g/mol. The predicted octanol–water partition coefficient (Wildman–Crippen LogP) is 2.41. The van der Waals surface area contributed by atoms with Crippen LogP contribution in [-0.2, 0) is 9.47 Å². The summed E-state index contributed by atoms with van der Waals surface area (Å²) in [7, 11) is 1.69. The molecule has 0 aromatic carbocycles. The van der Waals surface area contributed by atoms with E-state index < -0.39 is 11.3 Å². The molecular formula is C14H25F2NO2. The van der Waals surface area contributed by atoms with E-state index in [-0.39, 0.29) is 19.1 Å². The maximum absolute atomic E-state index is 13.7. The molecule has 0 N–H and O–H groups in total. The zero-order valence-corrected chi connectivity index (χ0v) is 12.1. The number of halogens is 2. The van der Waals surface area contributed by atoms with Crippen LogP contribution in [0.15, 0.2) is 0 Å². The van der Waals surface area contributed by atoms with Crippen LogP contribution in [-0.4, -0.2) is 56.9 Å². The molecule has 3 nitrogen and oxygen atoms in total. The Morgan fingerprint density at radius 1 is 1.37 bits per heavy atom. The topological polar surface area (TPSA) is 21.7 Å². The van der Waals surface area contributed by atoms with E-state index in [1.165, 1.54) is 0 Å². The maximum Gasteiger partial charge on any atom is 0.258 e. The van der Waals surface area contributed by atoms with Crippen molar-refractivity contribution in [3.63, 3.8) is 0 Å². The number of methoxy groups -OCH3 is 1. The molecule has 0 aromatic rings. The molecule has 1 saturated heterocycles. The average Bonchev–Trinajstić information content (AvgIpc) is 2.66. The van der Waals surface area contributed by atoms with E-state index in [0.29, 0.717) is 12.5 Å². The van der Waals surface area contributed by atoms with Gasteiger partial charge in [0.15, 0.2) is 0 Å². The molecule has 1 heterocycles. The molecule has 112 valence electrons. The van der Waals surface area contributed by atoms with E-state index in [1.54, 1.807) is 7.11 Å². The molecule has 5 heteroatoms. The van der Waals surface area contributed by atoms with Gasteiger partial charge in [-0.2, -0.15) is 0 Å². The average molecular weight is 277 g/mol. The van der Waals surface area contributed by atoms with E-state index in [0.717, 1.165) is 26.1 Å². The van der Waals surface area contributed by atoms with E-state index in [4.69, 9.17) is 9.47 Å². The second-order valence-electron chi connectivity index (χ2n) is 6.37. The van der Waals surface area contributed by atoms with Crippen molar-refractivity contribution in [2.45, 2.75) is 38.7 Å². The molecule has 0 spiro atoms. The Morgan fingerprint density at radius 3 is 2.58 bits per heavy atom. The van der Waals surface area contributed by atoms with Crippen LogP contribution in [0.5, 0.6) is 0 Å². The van der Waals surface area contributed by atoms with E-state index in [9.17, 15) is 8.78 Å². The molecule has 0 amide bonds. The fraction of sp³-hybridized carbons (Fsp3) is 1.00. The summed E-state index contributed by atoms with van der Waals surface area (Å²) in [5.41, 5.74) is -0.945. The summed E-state index contributed by atoms with van der Waals surface area (Å²) in [5.74, 6) is -2.07. The van der Waals surface area contributed by atoms with Gasteiger partial charge in [-0.1, -0.05) is 0 Å². The first kappa shape index (κ1) is 15.1. The van der Waals surface area contributed by atoms with Gasteiger partial charge in [-0.05, 0) is 32.7 Å². The molecule has 2 atom stereocenters. The molecule has 2 fully saturated rings. The second-order valence-corrected chi connectivity index (χ2v) is 6.37. The fourth-order valence-corrected chi connectivity index (χ4v) is 2.94. The van der Waals surface area contributed by atoms with Gasteiger partial charge in [-0.25, -0.2) is 8.78 Å². The summed E-state index contributed by atoms with van der Waals surface area (Å²) >= 11 is 0. The molecule has 0 radical (unpaired) electrons. The summed E-state index contributed by atoms with van der Waals surface area (Å²) in [6, 6.07) is 0. The van der Waals surface area contributed by atoms with Crippen molar-refractivity contribution in [1.29, 1.82) is 0 Å². The van der Waals surface area contributed by atoms with Crippen LogP contribution in [0.1, 0.15) is 26.7 Å². The molecular weight excluding hydrogens is 252 g/mol. The van der Waals surface area contributed by atoms with Crippen molar-refractivity contribution >= 4 is 0 Å². The third-order valence-corrected chi connectivity index (χ3v) is 4.20. The van der Waals surface area contributed by atoms with E-state index in [2.05, 4.69) is 4.90 Å². The van der Waals surface area contributed by atoms with Gasteiger partial charge in [-0.15, -0.1) is 0 Å². The van der Waals surface area contributed by atoms with E-state index in [1.807, 2.05) is 13.8 Å². The third kappa shape index (κ3) is 3.44. The fourth-order valence-electron chi connectivity index (χ4n) is 2.94. The molecule has 1 saturated carbocycles. The van der Waals surface area contributed by atoms with Crippen LogP contribution < -0.4 is 0 Å². The standard InChI is InChI=1S/C14H25F2NO2/c1-11(2)19-10-13(8-14(13,15)16)9-17-5-4-12(6-17)7-18-3/h11-12H,4-10H2,1-3H3/t12?,13-/m1/s1. The SMILES string of the molecule is COCC1CCN(C[C@@]2(COC(C)C)CC2(F)F)C1. The minimum atomic E-state index is -2.55. The zero-order valence-electron chi connectivity index (χ0n) is 12.1. The molecule has 19 heavy (non-hydrogen) atoms. The van der Waals surface area contributed by atoms with Gasteiger partial charge in [0.05, 0.1) is 24.7 Å². The molecule has 2 rings (SSSR count). The first-order chi connectivity index (χ1) is 8.88. The molecule has 1 aliphatic carbocycles. The van der Waals surface area contributed by atoms with E-state index >= 15 is 0 Å². The lowest BCUT2D eigenvalue weighted by Crippen LogP contribution is -2.35. The summed E-state index contributed by atoms with van der Waals surface area (Å²) in [6.45, 7) is 6.89. The van der Waals surface area contributed by atoms with Gasteiger partial charge in [0.2, 0.25) is 0 Å². The van der Waals surface area contributed by atoms with Gasteiger partial charge >= 0.3 is 0 Å². The first-order valence-electron chi connectivity index (χ1n) is 7.09. The largest absolute Gasteiger partial charge is 0.384 e. The van der Waals surface area contributed by atoms with Gasteiger partial charge in [-0.3, -0.25) is 0 Å². The smallest absolute Gasteiger partial charge is 0.258 e. The van der Waals surface area contributed by atoms with Crippen molar-refractivity contribution in [1.82, 2.24) is 4.90 Å². The van der Waals surface area contributed by atoms with Crippen LogP contribution in [0.25, 0.3) is 0 Å². The summed E-state index contributed by atoms with van der Waals surface area (Å²) < 4.78 is 37.9. The lowest BCUT2D eigenvalue weighted by Gasteiger charge is -2.24. The lowest BCUT2D eigenvalue weighted by atomic mass is 10.1. The Hall–Kier alpha value is -0.260. The number of hydrogen-bond acceptors (Lipinski definition) is 3. The maximum atomic E-state index is 13.7. The van der Waals surface area contributed by atoms with Crippen LogP contribution >= 0.6 is 0 Å². The van der Waals surface area contributed by atoms with Crippen molar-refractivity contribution in [3.8, 4) is 0 Å². The van der Waals surface area contributed by atoms with Gasteiger partial charge in [0, 0.05) is 26.6 Å². The summed E-state index contributed by atoms with van der Waals surface area (Å²) in [5, 5.41) is 0. The summed E-state index contributed by atoms with van der Waals surface area (Å²) in [4.78, 5) is 2.15. The number of likely N-dealkylation sites (tertiary alicyclic amines) is 1. The highest BCUT2D eigenvalue weighted by Gasteiger charge is 2.71. The van der Waals surface area contributed by atoms with Crippen molar-refractivity contribution in [3.05, 3.63) is 0 Å². The molecule has 0 bridgehead atoms. The number of ether oxygens (including phenoxy) is 2. The zero-order chi connectivity index (χ0) is 14.1. The Kier molecular flexibility index (Phi) is 4.48. The van der Waals surface area contributed by atoms with Crippen LogP contribution in [0.3, 0.4) is 0 Å². The Balaban J connectivity index is 1.85. The highest BCUT2D eigenvalue weighted by molar-refractivity contribution is 5.12. The molecule has 1 aliphatic heterocycles. The molecule has 0 aromatic heterocycles. The number of hydrogen-bond donors (Lipinski definition) is 0. The van der Waals surface area contributed by atoms with Gasteiger partial charge < -0.3 is 14.4 Å². The molecule has 2 aliphatic rings. The van der Waals surface area contributed by atoms with Crippen molar-refractivity contribution in [2.24, 2.45) is 11.3 Å². The minimum Gasteiger partial charge on any atom is -0.384 e. The minimum absolute atomic E-state index is 0.00749. The van der Waals surface area contributed by atoms with Crippen molar-refractivity contribution in [2.75, 3.05) is 40.0 Å². The van der Waals surface area contributed by atoms with Crippen molar-refractivity contribution < 1.29 is 18.3 Å². The number of nitrogens with zero attached hydrogens (tertiary/aromatic N) is 1. The van der Waals surface area contributed by atoms with Crippen LogP contribution in [0.4, 0.5) is 8.78 Å². The Morgan fingerprint density at radius 2 is 2.05 bits per heavy atom. The Bertz CT molecular complexity index is 312. The van der Waals surface area contributed by atoms with Crippen LogP contribution in [0, 0.1) is 11.3 Å². The highest BCUT2D eigenvalue weighted by atomic mass is 19.3. The number of alkyl halides is 2. The van der Waals surface area contributed by atoms with Crippen LogP contribution in [0.2, 0.25) is 0 Å². The second kappa shape index (κ2) is 5.62. The van der Waals surface area contributed by atoms with Gasteiger partial charge in [0.25, 0.3) is 5.92 Å². The predicted molar refractivity (Wildman–Crippen MR) is 69.5 cm³/mol. The highest BCUT2D eigenvalue weighted by Crippen LogP contribution is 2.61. The lowest BCUT2D eigenvalue weighted by molar-refractivity contribution is -0.0234. The third-order valence-electron chi connectivity index (χ3n) is 4.20.